The van der Waals surface area contributed by atoms with Crippen molar-refractivity contribution in [3.05, 3.63) is 60.7 Å². The molecule has 0 aromatic heterocycles. The van der Waals surface area contributed by atoms with Crippen LogP contribution in [0.25, 0.3) is 0 Å². The Morgan fingerprint density at radius 3 is 2.18 bits per heavy atom. The number of carbonyl (C=O) groups excluding carboxylic acids is 1. The number of nitro benzene ring substituents is 3. The van der Waals surface area contributed by atoms with Gasteiger partial charge in [-0.25, -0.2) is 4.79 Å². The van der Waals surface area contributed by atoms with E-state index >= 15 is 0 Å². The number of nitro groups is 3. The molecule has 0 aliphatic carbocycles. The molecule has 0 aliphatic rings. The Morgan fingerprint density at radius 2 is 1.77 bits per heavy atom. The topological polar surface area (TPSA) is 156 Å². The average Bonchev–Trinajstić information content (AvgIpc) is 2.44. The van der Waals surface area contributed by atoms with Gasteiger partial charge in [-0.1, -0.05) is 6.58 Å². The summed E-state index contributed by atoms with van der Waals surface area (Å²) in [6, 6.07) is 1.23. The lowest BCUT2D eigenvalue weighted by Gasteiger charge is -2.12. The van der Waals surface area contributed by atoms with Gasteiger partial charge in [-0.15, -0.1) is 0 Å². The van der Waals surface area contributed by atoms with Gasteiger partial charge < -0.3 is 4.74 Å². The lowest BCUT2D eigenvalue weighted by Crippen LogP contribution is -2.10. The molecule has 22 heavy (non-hydrogen) atoms. The summed E-state index contributed by atoms with van der Waals surface area (Å²) in [4.78, 5) is 40.8. The number of nitrogens with zero attached hydrogens (tertiary/aromatic N) is 3. The van der Waals surface area contributed by atoms with Crippen LogP contribution in [0.15, 0.2) is 24.8 Å². The Kier molecular flexibility index (Phi) is 4.84. The Hall–Kier alpha value is -3.37. The van der Waals surface area contributed by atoms with Gasteiger partial charge in [0.1, 0.15) is 12.2 Å². The Labute approximate surface area is 122 Å². The summed E-state index contributed by atoms with van der Waals surface area (Å²) in [5.41, 5.74) is -3.22. The summed E-state index contributed by atoms with van der Waals surface area (Å²) in [6.07, 6.45) is -0.529. The largest absolute Gasteiger partial charge is 0.454 e. The standard InChI is InChI=1S/C11H9N3O8/c1-3-10(15)22-6(2)8-4-7(12(16)17)5-9(13(18)19)11(8)14(20)21/h3-6H,1H2,2H3. The van der Waals surface area contributed by atoms with E-state index in [9.17, 15) is 35.1 Å². The first-order valence-electron chi connectivity index (χ1n) is 5.63. The normalized spacial score (nSPS) is 11.3. The average molecular weight is 311 g/mol. The lowest BCUT2D eigenvalue weighted by atomic mass is 10.1. The third-order valence-electron chi connectivity index (χ3n) is 2.59. The molecule has 1 aromatic carbocycles. The van der Waals surface area contributed by atoms with Gasteiger partial charge in [0.25, 0.3) is 5.69 Å². The molecule has 0 saturated heterocycles. The van der Waals surface area contributed by atoms with Crippen LogP contribution in [-0.2, 0) is 9.53 Å². The second-order valence-corrected chi connectivity index (χ2v) is 3.96. The van der Waals surface area contributed by atoms with E-state index in [-0.39, 0.29) is 0 Å². The quantitative estimate of drug-likeness (QED) is 0.335. The smallest absolute Gasteiger partial charge is 0.353 e. The predicted molar refractivity (Wildman–Crippen MR) is 71.1 cm³/mol. The summed E-state index contributed by atoms with van der Waals surface area (Å²) in [5.74, 6) is -0.934. The van der Waals surface area contributed by atoms with E-state index in [1.165, 1.54) is 6.92 Å². The Balaban J connectivity index is 3.60. The molecule has 0 heterocycles. The minimum Gasteiger partial charge on any atom is -0.454 e. The molecule has 11 heteroatoms. The van der Waals surface area contributed by atoms with Gasteiger partial charge in [0, 0.05) is 12.1 Å². The molecule has 1 rings (SSSR count). The molecular weight excluding hydrogens is 302 g/mol. The molecule has 0 bridgehead atoms. The number of hydrogen-bond donors (Lipinski definition) is 0. The fourth-order valence-corrected chi connectivity index (χ4v) is 1.66. The van der Waals surface area contributed by atoms with Crippen LogP contribution in [0.1, 0.15) is 18.6 Å². The van der Waals surface area contributed by atoms with E-state index < -0.39 is 49.5 Å². The molecule has 1 aromatic rings. The van der Waals surface area contributed by atoms with Crippen molar-refractivity contribution >= 4 is 23.0 Å². The first-order valence-corrected chi connectivity index (χ1v) is 5.63. The molecule has 11 nitrogen and oxygen atoms in total. The minimum atomic E-state index is -1.32. The molecule has 0 saturated carbocycles. The zero-order chi connectivity index (χ0) is 17.0. The summed E-state index contributed by atoms with van der Waals surface area (Å²) in [6.45, 7) is 4.32. The number of benzene rings is 1. The SMILES string of the molecule is C=CC(=O)OC(C)c1cc([N+](=O)[O-])cc([N+](=O)[O-])c1[N+](=O)[O-]. The first kappa shape index (κ1) is 16.7. The van der Waals surface area contributed by atoms with Gasteiger partial charge in [-0.2, -0.15) is 0 Å². The van der Waals surface area contributed by atoms with E-state index in [0.717, 1.165) is 12.1 Å². The molecule has 0 N–H and O–H groups in total. The van der Waals surface area contributed by atoms with Gasteiger partial charge in [-0.05, 0) is 6.92 Å². The van der Waals surface area contributed by atoms with Crippen LogP contribution in [0.3, 0.4) is 0 Å². The van der Waals surface area contributed by atoms with Crippen LogP contribution in [0.2, 0.25) is 0 Å². The number of esters is 1. The van der Waals surface area contributed by atoms with Crippen LogP contribution < -0.4 is 0 Å². The van der Waals surface area contributed by atoms with Gasteiger partial charge in [0.15, 0.2) is 0 Å². The monoisotopic (exact) mass is 311 g/mol. The molecule has 0 radical (unpaired) electrons. The number of hydrogen-bond acceptors (Lipinski definition) is 8. The third kappa shape index (κ3) is 3.39. The Bertz CT molecular complexity index is 684. The van der Waals surface area contributed by atoms with Crippen LogP contribution in [0.5, 0.6) is 0 Å². The van der Waals surface area contributed by atoms with Crippen LogP contribution >= 0.6 is 0 Å². The number of carbonyl (C=O) groups is 1. The van der Waals surface area contributed by atoms with E-state index in [1.54, 1.807) is 0 Å². The van der Waals surface area contributed by atoms with Gasteiger partial charge in [-0.3, -0.25) is 30.3 Å². The molecule has 1 unspecified atom stereocenters. The van der Waals surface area contributed by atoms with Gasteiger partial charge in [0.05, 0.1) is 20.3 Å². The van der Waals surface area contributed by atoms with Crippen molar-refractivity contribution in [2.45, 2.75) is 13.0 Å². The maximum Gasteiger partial charge on any atom is 0.353 e. The van der Waals surface area contributed by atoms with Gasteiger partial charge >= 0.3 is 17.3 Å². The molecule has 1 atom stereocenters. The zero-order valence-electron chi connectivity index (χ0n) is 11.1. The molecular formula is C11H9N3O8. The summed E-state index contributed by atoms with van der Waals surface area (Å²) < 4.78 is 4.74. The molecule has 0 fully saturated rings. The zero-order valence-corrected chi connectivity index (χ0v) is 11.1. The minimum absolute atomic E-state index is 0.457. The highest BCUT2D eigenvalue weighted by Crippen LogP contribution is 2.39. The van der Waals surface area contributed by atoms with Crippen molar-refractivity contribution in [2.75, 3.05) is 0 Å². The summed E-state index contributed by atoms with van der Waals surface area (Å²) >= 11 is 0. The lowest BCUT2D eigenvalue weighted by molar-refractivity contribution is -0.425. The number of rotatable bonds is 6. The fourth-order valence-electron chi connectivity index (χ4n) is 1.66. The molecule has 0 amide bonds. The van der Waals surface area contributed by atoms with E-state index in [2.05, 4.69) is 6.58 Å². The van der Waals surface area contributed by atoms with Crippen molar-refractivity contribution in [1.29, 1.82) is 0 Å². The fraction of sp³-hybridized carbons (Fsp3) is 0.182. The second-order valence-electron chi connectivity index (χ2n) is 3.96. The maximum atomic E-state index is 11.1. The highest BCUT2D eigenvalue weighted by molar-refractivity contribution is 5.81. The van der Waals surface area contributed by atoms with Gasteiger partial charge in [0.2, 0.25) is 0 Å². The van der Waals surface area contributed by atoms with Crippen LogP contribution in [-0.4, -0.2) is 20.7 Å². The van der Waals surface area contributed by atoms with Crippen molar-refractivity contribution in [2.24, 2.45) is 0 Å². The van der Waals surface area contributed by atoms with Crippen molar-refractivity contribution in [3.8, 4) is 0 Å². The second kappa shape index (κ2) is 6.39. The molecule has 0 aliphatic heterocycles. The summed E-state index contributed by atoms with van der Waals surface area (Å²) in [5, 5.41) is 32.8. The number of non-ortho nitro benzene ring substituents is 1. The Morgan fingerprint density at radius 1 is 1.18 bits per heavy atom. The highest BCUT2D eigenvalue weighted by atomic mass is 16.6. The highest BCUT2D eigenvalue weighted by Gasteiger charge is 2.35. The molecule has 116 valence electrons. The van der Waals surface area contributed by atoms with E-state index in [4.69, 9.17) is 4.74 Å². The first-order chi connectivity index (χ1) is 10.2. The van der Waals surface area contributed by atoms with Crippen LogP contribution in [0, 0.1) is 30.3 Å². The predicted octanol–water partition coefficient (Wildman–Crippen LogP) is 2.20. The van der Waals surface area contributed by atoms with Crippen molar-refractivity contribution in [3.63, 3.8) is 0 Å². The molecule has 0 spiro atoms. The summed E-state index contributed by atoms with van der Waals surface area (Å²) in [7, 11) is 0. The van der Waals surface area contributed by atoms with Crippen LogP contribution in [0.4, 0.5) is 17.1 Å². The number of ether oxygens (including phenoxy) is 1. The van der Waals surface area contributed by atoms with Crippen molar-refractivity contribution in [1.82, 2.24) is 0 Å². The maximum absolute atomic E-state index is 11.1. The van der Waals surface area contributed by atoms with E-state index in [0.29, 0.717) is 6.07 Å². The van der Waals surface area contributed by atoms with E-state index in [1.807, 2.05) is 0 Å². The third-order valence-corrected chi connectivity index (χ3v) is 2.59. The van der Waals surface area contributed by atoms with Crippen molar-refractivity contribution < 1.29 is 24.3 Å².